The molecule has 0 saturated heterocycles. The molecule has 0 amide bonds. The van der Waals surface area contributed by atoms with Crippen LogP contribution in [0, 0.1) is 0 Å². The van der Waals surface area contributed by atoms with E-state index in [0.717, 1.165) is 0 Å². The molecule has 1 rings (SSSR count). The van der Waals surface area contributed by atoms with Crippen molar-refractivity contribution in [3.8, 4) is 11.5 Å². The van der Waals surface area contributed by atoms with Gasteiger partial charge in [-0.2, -0.15) is 0 Å². The number of hydrogen-bond acceptors (Lipinski definition) is 4. The van der Waals surface area contributed by atoms with Crippen LogP contribution < -0.4 is 9.47 Å². The maximum atomic E-state index is 12.0. The summed E-state index contributed by atoms with van der Waals surface area (Å²) in [6.07, 6.45) is 0.365. The van der Waals surface area contributed by atoms with Crippen molar-refractivity contribution in [2.24, 2.45) is 0 Å². The first-order valence-corrected chi connectivity index (χ1v) is 6.04. The molecule has 0 radical (unpaired) electrons. The van der Waals surface area contributed by atoms with Gasteiger partial charge in [-0.25, -0.2) is 0 Å². The highest BCUT2D eigenvalue weighted by Crippen LogP contribution is 2.33. The van der Waals surface area contributed by atoms with Crippen LogP contribution in [0.1, 0.15) is 29.6 Å². The number of halogens is 1. The van der Waals surface area contributed by atoms with Crippen LogP contribution in [0.25, 0.3) is 0 Å². The van der Waals surface area contributed by atoms with E-state index in [1.807, 2.05) is 0 Å². The Morgan fingerprint density at radius 1 is 1.16 bits per heavy atom. The van der Waals surface area contributed by atoms with Crippen LogP contribution in [0.15, 0.2) is 12.1 Å². The quantitative estimate of drug-likeness (QED) is 0.780. The highest BCUT2D eigenvalue weighted by atomic mass is 35.5. The second kappa shape index (κ2) is 6.99. The lowest BCUT2D eigenvalue weighted by Gasteiger charge is -2.11. The summed E-state index contributed by atoms with van der Waals surface area (Å²) in [4.78, 5) is 22.4. The zero-order chi connectivity index (χ0) is 14.4. The monoisotopic (exact) mass is 286 g/mol. The number of Topliss-reactive ketones (excluding diaryl/α,β-unsaturated/α-hetero) is 1. The first-order valence-electron chi connectivity index (χ1n) is 5.66. The summed E-state index contributed by atoms with van der Waals surface area (Å²) < 4.78 is 10.1. The molecule has 0 aromatic heterocycles. The van der Waals surface area contributed by atoms with Crippen molar-refractivity contribution < 1.29 is 24.2 Å². The molecule has 0 unspecified atom stereocenters. The van der Waals surface area contributed by atoms with Gasteiger partial charge in [0.15, 0.2) is 5.78 Å². The lowest BCUT2D eigenvalue weighted by Crippen LogP contribution is -2.04. The SMILES string of the molecule is COc1cc(OC)c(C(=O)CCCC(=O)O)cc1Cl. The van der Waals surface area contributed by atoms with Gasteiger partial charge < -0.3 is 14.6 Å². The Labute approximate surface area is 116 Å². The second-order valence-electron chi connectivity index (χ2n) is 3.86. The molecule has 0 aliphatic heterocycles. The van der Waals surface area contributed by atoms with Crippen molar-refractivity contribution in [3.05, 3.63) is 22.7 Å². The van der Waals surface area contributed by atoms with Gasteiger partial charge in [-0.1, -0.05) is 11.6 Å². The van der Waals surface area contributed by atoms with Gasteiger partial charge in [-0.3, -0.25) is 9.59 Å². The van der Waals surface area contributed by atoms with Gasteiger partial charge in [0.05, 0.1) is 24.8 Å². The summed E-state index contributed by atoms with van der Waals surface area (Å²) in [5, 5.41) is 8.85. The molecule has 5 nitrogen and oxygen atoms in total. The van der Waals surface area contributed by atoms with E-state index >= 15 is 0 Å². The van der Waals surface area contributed by atoms with Crippen molar-refractivity contribution in [1.82, 2.24) is 0 Å². The molecule has 0 aliphatic carbocycles. The Bertz CT molecular complexity index is 484. The first kappa shape index (κ1) is 15.3. The second-order valence-corrected chi connectivity index (χ2v) is 4.26. The molecule has 1 aromatic carbocycles. The van der Waals surface area contributed by atoms with Crippen LogP contribution in [0.3, 0.4) is 0 Å². The first-order chi connectivity index (χ1) is 8.99. The van der Waals surface area contributed by atoms with E-state index in [4.69, 9.17) is 26.2 Å². The molecular weight excluding hydrogens is 272 g/mol. The fraction of sp³-hybridized carbons (Fsp3) is 0.385. The van der Waals surface area contributed by atoms with Gasteiger partial charge in [0, 0.05) is 18.9 Å². The summed E-state index contributed by atoms with van der Waals surface area (Å²) in [7, 11) is 2.91. The van der Waals surface area contributed by atoms with Crippen LogP contribution in [0.4, 0.5) is 0 Å². The molecule has 1 N–H and O–H groups in total. The number of ketones is 1. The predicted molar refractivity (Wildman–Crippen MR) is 70.4 cm³/mol. The smallest absolute Gasteiger partial charge is 0.303 e. The highest BCUT2D eigenvalue weighted by molar-refractivity contribution is 6.32. The van der Waals surface area contributed by atoms with Gasteiger partial charge in [0.25, 0.3) is 0 Å². The lowest BCUT2D eigenvalue weighted by atomic mass is 10.0. The molecule has 0 heterocycles. The number of aliphatic carboxylic acids is 1. The molecule has 0 bridgehead atoms. The Morgan fingerprint density at radius 2 is 1.79 bits per heavy atom. The Morgan fingerprint density at radius 3 is 2.32 bits per heavy atom. The maximum absolute atomic E-state index is 12.0. The third-order valence-corrected chi connectivity index (χ3v) is 2.86. The molecular formula is C13H15ClO5. The summed E-state index contributed by atoms with van der Waals surface area (Å²) in [5.41, 5.74) is 0.332. The van der Waals surface area contributed by atoms with Crippen LogP contribution in [0.2, 0.25) is 5.02 Å². The summed E-state index contributed by atoms with van der Waals surface area (Å²) in [5.74, 6) is -0.350. The molecule has 1 aromatic rings. The van der Waals surface area contributed by atoms with Gasteiger partial charge in [0.2, 0.25) is 0 Å². The third kappa shape index (κ3) is 4.13. The van der Waals surface area contributed by atoms with E-state index in [1.54, 1.807) is 0 Å². The molecule has 0 spiro atoms. The third-order valence-electron chi connectivity index (χ3n) is 2.57. The van der Waals surface area contributed by atoms with E-state index in [-0.39, 0.29) is 25.0 Å². The predicted octanol–water partition coefficient (Wildman–Crippen LogP) is 2.79. The Kier molecular flexibility index (Phi) is 5.63. The number of hydrogen-bond donors (Lipinski definition) is 1. The Balaban J connectivity index is 2.89. The molecule has 0 atom stereocenters. The topological polar surface area (TPSA) is 72.8 Å². The highest BCUT2D eigenvalue weighted by Gasteiger charge is 2.16. The van der Waals surface area contributed by atoms with E-state index < -0.39 is 5.97 Å². The zero-order valence-electron chi connectivity index (χ0n) is 10.7. The van der Waals surface area contributed by atoms with Crippen LogP contribution in [-0.2, 0) is 4.79 Å². The summed E-state index contributed by atoms with van der Waals surface area (Å²) >= 11 is 5.96. The molecule has 0 saturated carbocycles. The van der Waals surface area contributed by atoms with Gasteiger partial charge in [-0.05, 0) is 12.5 Å². The minimum absolute atomic E-state index is 0.0437. The molecule has 0 aliphatic rings. The number of carboxylic acids is 1. The van der Waals surface area contributed by atoms with Crippen LogP contribution in [0.5, 0.6) is 11.5 Å². The maximum Gasteiger partial charge on any atom is 0.303 e. The normalized spacial score (nSPS) is 10.1. The number of ether oxygens (including phenoxy) is 2. The van der Waals surface area contributed by atoms with Gasteiger partial charge in [-0.15, -0.1) is 0 Å². The minimum Gasteiger partial charge on any atom is -0.496 e. The van der Waals surface area contributed by atoms with Gasteiger partial charge >= 0.3 is 5.97 Å². The fourth-order valence-corrected chi connectivity index (χ4v) is 1.85. The van der Waals surface area contributed by atoms with Gasteiger partial charge in [0.1, 0.15) is 11.5 Å². The number of carboxylic acid groups (broad SMARTS) is 1. The zero-order valence-corrected chi connectivity index (χ0v) is 11.5. The van der Waals surface area contributed by atoms with Crippen molar-refractivity contribution in [2.75, 3.05) is 14.2 Å². The van der Waals surface area contributed by atoms with Crippen molar-refractivity contribution in [2.45, 2.75) is 19.3 Å². The number of rotatable bonds is 7. The number of carbonyl (C=O) groups is 2. The molecule has 6 heteroatoms. The van der Waals surface area contributed by atoms with Crippen LogP contribution >= 0.6 is 11.6 Å². The fourth-order valence-electron chi connectivity index (χ4n) is 1.61. The van der Waals surface area contributed by atoms with E-state index in [2.05, 4.69) is 0 Å². The van der Waals surface area contributed by atoms with Crippen molar-refractivity contribution >= 4 is 23.4 Å². The van der Waals surface area contributed by atoms with E-state index in [9.17, 15) is 9.59 Å². The molecule has 104 valence electrons. The summed E-state index contributed by atoms with van der Waals surface area (Å²) in [6, 6.07) is 3.01. The number of carbonyl (C=O) groups excluding carboxylic acids is 1. The van der Waals surface area contributed by atoms with Crippen molar-refractivity contribution in [3.63, 3.8) is 0 Å². The molecule has 0 fully saturated rings. The standard InChI is InChI=1S/C13H15ClO5/c1-18-11-7-12(19-2)9(14)6-8(11)10(15)4-3-5-13(16)17/h6-7H,3-5H2,1-2H3,(H,16,17). The van der Waals surface area contributed by atoms with E-state index in [1.165, 1.54) is 26.4 Å². The lowest BCUT2D eigenvalue weighted by molar-refractivity contribution is -0.137. The average molecular weight is 287 g/mol. The Hall–Kier alpha value is -1.75. The van der Waals surface area contributed by atoms with Crippen LogP contribution in [-0.4, -0.2) is 31.1 Å². The minimum atomic E-state index is -0.924. The average Bonchev–Trinajstić information content (AvgIpc) is 2.37. The largest absolute Gasteiger partial charge is 0.496 e. The number of methoxy groups -OCH3 is 2. The van der Waals surface area contributed by atoms with Crippen molar-refractivity contribution in [1.29, 1.82) is 0 Å². The van der Waals surface area contributed by atoms with E-state index in [0.29, 0.717) is 22.1 Å². The summed E-state index contributed by atoms with van der Waals surface area (Å²) in [6.45, 7) is 0. The number of benzene rings is 1. The molecule has 19 heavy (non-hydrogen) atoms.